The molecule has 0 radical (unpaired) electrons. The molecule has 186 valence electrons. The van der Waals surface area contributed by atoms with Crippen molar-refractivity contribution in [1.29, 1.82) is 5.26 Å². The minimum atomic E-state index is -0.438. The van der Waals surface area contributed by atoms with Gasteiger partial charge >= 0.3 is 0 Å². The van der Waals surface area contributed by atoms with E-state index < -0.39 is 5.82 Å². The van der Waals surface area contributed by atoms with E-state index in [0.29, 0.717) is 53.2 Å². The number of nitrogens with two attached hydrogens (primary N) is 1. The van der Waals surface area contributed by atoms with Crippen molar-refractivity contribution < 1.29 is 9.18 Å². The van der Waals surface area contributed by atoms with Gasteiger partial charge < -0.3 is 21.3 Å². The molecule has 3 atom stereocenters. The molecule has 2 aliphatic heterocycles. The Labute approximate surface area is 213 Å². The number of rotatable bonds is 3. The second-order valence-corrected chi connectivity index (χ2v) is 11.4. The quantitative estimate of drug-likeness (QED) is 0.502. The number of aromatic nitrogens is 1. The van der Waals surface area contributed by atoms with Gasteiger partial charge in [-0.2, -0.15) is 5.26 Å². The molecule has 0 saturated carbocycles. The summed E-state index contributed by atoms with van der Waals surface area (Å²) in [4.78, 5) is 21.1. The van der Waals surface area contributed by atoms with Crippen molar-refractivity contribution in [3.63, 3.8) is 0 Å². The van der Waals surface area contributed by atoms with Gasteiger partial charge in [0, 0.05) is 42.3 Å². The zero-order valence-electron chi connectivity index (χ0n) is 20.4. The van der Waals surface area contributed by atoms with Crippen LogP contribution in [0.15, 0.2) is 12.1 Å². The molecule has 0 spiro atoms. The second-order valence-electron chi connectivity index (χ2n) is 10.4. The van der Waals surface area contributed by atoms with Crippen molar-refractivity contribution in [3.05, 3.63) is 50.8 Å². The molecule has 2 bridgehead atoms. The number of halogens is 1. The number of carbonyl (C=O) groups is 1. The van der Waals surface area contributed by atoms with Crippen LogP contribution < -0.4 is 21.3 Å². The number of carbonyl (C=O) groups excluding carboxylic acids is 1. The molecule has 4 heterocycles. The Bertz CT molecular complexity index is 1430. The summed E-state index contributed by atoms with van der Waals surface area (Å²) in [7, 11) is 0. The molecule has 4 N–H and O–H groups in total. The van der Waals surface area contributed by atoms with Crippen LogP contribution in [0.5, 0.6) is 0 Å². The van der Waals surface area contributed by atoms with Crippen LogP contribution in [-0.2, 0) is 12.8 Å². The number of thiophene rings is 1. The summed E-state index contributed by atoms with van der Waals surface area (Å²) in [5, 5.41) is 17.3. The summed E-state index contributed by atoms with van der Waals surface area (Å²) in [6.45, 7) is 5.48. The van der Waals surface area contributed by atoms with Crippen LogP contribution in [0.1, 0.15) is 56.9 Å². The molecule has 36 heavy (non-hydrogen) atoms. The maximum atomic E-state index is 15.7. The Kier molecular flexibility index (Phi) is 5.61. The van der Waals surface area contributed by atoms with E-state index in [1.165, 1.54) is 11.3 Å². The third kappa shape index (κ3) is 3.80. The Morgan fingerprint density at radius 1 is 1.28 bits per heavy atom. The monoisotopic (exact) mass is 504 g/mol. The number of pyridine rings is 1. The lowest BCUT2D eigenvalue weighted by atomic mass is 9.85. The van der Waals surface area contributed by atoms with Gasteiger partial charge in [0.25, 0.3) is 5.91 Å². The lowest BCUT2D eigenvalue weighted by Gasteiger charge is -2.36. The van der Waals surface area contributed by atoms with Gasteiger partial charge in [0.05, 0.1) is 11.4 Å². The molecule has 3 aliphatic rings. The maximum Gasteiger partial charge on any atom is 0.263 e. The summed E-state index contributed by atoms with van der Waals surface area (Å²) < 4.78 is 15.7. The highest BCUT2D eigenvalue weighted by Gasteiger charge is 2.35. The fourth-order valence-corrected chi connectivity index (χ4v) is 7.33. The number of nitrogens with zero attached hydrogens (tertiary/aromatic N) is 3. The molecule has 3 aromatic rings. The van der Waals surface area contributed by atoms with Gasteiger partial charge in [-0.1, -0.05) is 0 Å². The number of amides is 1. The molecule has 2 fully saturated rings. The molecule has 9 heteroatoms. The van der Waals surface area contributed by atoms with Crippen LogP contribution in [0.25, 0.3) is 10.2 Å². The maximum absolute atomic E-state index is 15.7. The van der Waals surface area contributed by atoms with Crippen LogP contribution in [0, 0.1) is 31.0 Å². The number of nitrogen functional groups attached to an aromatic ring is 1. The first-order chi connectivity index (χ1) is 17.3. The molecular weight excluding hydrogens is 475 g/mol. The third-order valence-electron chi connectivity index (χ3n) is 7.89. The van der Waals surface area contributed by atoms with E-state index in [1.807, 2.05) is 26.0 Å². The van der Waals surface area contributed by atoms with Crippen molar-refractivity contribution in [2.75, 3.05) is 23.7 Å². The van der Waals surface area contributed by atoms with Gasteiger partial charge in [0.1, 0.15) is 27.2 Å². The van der Waals surface area contributed by atoms with Gasteiger partial charge in [0.2, 0.25) is 0 Å². The van der Waals surface area contributed by atoms with E-state index >= 15 is 4.39 Å². The first kappa shape index (κ1) is 23.2. The number of hydrogen-bond donors (Lipinski definition) is 3. The van der Waals surface area contributed by atoms with Crippen molar-refractivity contribution in [2.24, 2.45) is 0 Å². The Hall–Kier alpha value is -3.22. The van der Waals surface area contributed by atoms with E-state index in [-0.39, 0.29) is 17.5 Å². The summed E-state index contributed by atoms with van der Waals surface area (Å²) in [6, 6.07) is 6.67. The van der Waals surface area contributed by atoms with Crippen LogP contribution in [0.3, 0.4) is 0 Å². The summed E-state index contributed by atoms with van der Waals surface area (Å²) >= 11 is 1.29. The SMILES string of the molecule is Cc1cc(C)c2c(N)c(C(=O)N[C@H]3CCc4cc(N5CC6CCC(C5)N6)c(C#N)c(F)c4C3)sc2n1. The number of nitriles is 1. The summed E-state index contributed by atoms with van der Waals surface area (Å²) in [5.41, 5.74) is 11.0. The van der Waals surface area contributed by atoms with Gasteiger partial charge in [-0.05, 0) is 74.8 Å². The molecule has 1 amide bonds. The zero-order valence-corrected chi connectivity index (χ0v) is 21.3. The lowest BCUT2D eigenvalue weighted by Crippen LogP contribution is -2.51. The van der Waals surface area contributed by atoms with Crippen LogP contribution in [-0.4, -0.2) is 42.1 Å². The fraction of sp³-hybridized carbons (Fsp3) is 0.444. The highest BCUT2D eigenvalue weighted by molar-refractivity contribution is 7.21. The highest BCUT2D eigenvalue weighted by atomic mass is 32.1. The summed E-state index contributed by atoms with van der Waals surface area (Å²) in [5.74, 6) is -0.693. The minimum absolute atomic E-state index is 0.118. The average Bonchev–Trinajstić information content (AvgIpc) is 3.36. The predicted octanol–water partition coefficient (Wildman–Crippen LogP) is 3.73. The first-order valence-corrected chi connectivity index (χ1v) is 13.4. The molecule has 7 nitrogen and oxygen atoms in total. The highest BCUT2D eigenvalue weighted by Crippen LogP contribution is 2.37. The number of anilines is 2. The van der Waals surface area contributed by atoms with E-state index in [0.717, 1.165) is 53.0 Å². The molecule has 2 unspecified atom stereocenters. The number of hydrogen-bond acceptors (Lipinski definition) is 7. The number of benzene rings is 1. The van der Waals surface area contributed by atoms with Crippen LogP contribution in [0.2, 0.25) is 0 Å². The van der Waals surface area contributed by atoms with Gasteiger partial charge in [-0.3, -0.25) is 4.79 Å². The molecule has 2 aromatic heterocycles. The Balaban J connectivity index is 1.25. The van der Waals surface area contributed by atoms with Gasteiger partial charge in [-0.15, -0.1) is 11.3 Å². The van der Waals surface area contributed by atoms with Crippen molar-refractivity contribution in [3.8, 4) is 6.07 Å². The largest absolute Gasteiger partial charge is 0.397 e. The van der Waals surface area contributed by atoms with E-state index in [1.54, 1.807) is 0 Å². The Morgan fingerprint density at radius 2 is 2.03 bits per heavy atom. The van der Waals surface area contributed by atoms with E-state index in [2.05, 4.69) is 26.6 Å². The lowest BCUT2D eigenvalue weighted by molar-refractivity contribution is 0.0938. The van der Waals surface area contributed by atoms with Crippen LogP contribution in [0.4, 0.5) is 15.8 Å². The van der Waals surface area contributed by atoms with Crippen LogP contribution >= 0.6 is 11.3 Å². The van der Waals surface area contributed by atoms with Gasteiger partial charge in [-0.25, -0.2) is 9.37 Å². The smallest absolute Gasteiger partial charge is 0.263 e. The molecule has 1 aromatic carbocycles. The van der Waals surface area contributed by atoms with Crippen molar-refractivity contribution in [2.45, 2.75) is 64.1 Å². The zero-order chi connectivity index (χ0) is 25.1. The third-order valence-corrected chi connectivity index (χ3v) is 8.98. The number of nitrogens with one attached hydrogen (secondary N) is 2. The van der Waals surface area contributed by atoms with E-state index in [4.69, 9.17) is 5.73 Å². The van der Waals surface area contributed by atoms with E-state index in [9.17, 15) is 10.1 Å². The topological polar surface area (TPSA) is 107 Å². The standard InChI is InChI=1S/C27H29FN6OS/c1-13-7-14(2)31-27-22(13)24(30)25(36-27)26(35)33-16-4-3-15-8-21(20(10-29)23(28)19(15)9-16)34-11-17-5-6-18(12-34)32-17/h7-8,16-18,32H,3-6,9,11-12,30H2,1-2H3,(H,33,35)/t16-,17?,18?/m0/s1. The summed E-state index contributed by atoms with van der Waals surface area (Å²) in [6.07, 6.45) is 3.96. The average molecular weight is 505 g/mol. The number of aryl methyl sites for hydroxylation is 3. The first-order valence-electron chi connectivity index (χ1n) is 12.5. The molecule has 2 saturated heterocycles. The predicted molar refractivity (Wildman–Crippen MR) is 140 cm³/mol. The van der Waals surface area contributed by atoms with Gasteiger partial charge in [0.15, 0.2) is 0 Å². The molecule has 1 aliphatic carbocycles. The normalized spacial score (nSPS) is 22.9. The van der Waals surface area contributed by atoms with Crippen molar-refractivity contribution in [1.82, 2.24) is 15.6 Å². The Morgan fingerprint density at radius 3 is 2.75 bits per heavy atom. The second kappa shape index (κ2) is 8.71. The molecule has 6 rings (SSSR count). The molecular formula is C27H29FN6OS. The minimum Gasteiger partial charge on any atom is -0.397 e. The number of piperazine rings is 1. The fourth-order valence-electron chi connectivity index (χ4n) is 6.21. The number of fused-ring (bicyclic) bond motifs is 4. The van der Waals surface area contributed by atoms with Crippen molar-refractivity contribution >= 4 is 38.8 Å².